The lowest BCUT2D eigenvalue weighted by atomic mass is 10.2. The van der Waals surface area contributed by atoms with Crippen LogP contribution in [-0.4, -0.2) is 49.8 Å². The summed E-state index contributed by atoms with van der Waals surface area (Å²) in [5.74, 6) is 0. The van der Waals surface area contributed by atoms with E-state index in [0.29, 0.717) is 24.0 Å². The van der Waals surface area contributed by atoms with E-state index >= 15 is 0 Å². The maximum Gasteiger partial charge on any atom is 0.243 e. The van der Waals surface area contributed by atoms with Crippen molar-refractivity contribution in [3.05, 3.63) is 29.8 Å². The molecule has 4 nitrogen and oxygen atoms in total. The first kappa shape index (κ1) is 15.5. The molecule has 1 aromatic carbocycles. The smallest absolute Gasteiger partial charge is 0.243 e. The van der Waals surface area contributed by atoms with E-state index in [4.69, 9.17) is 0 Å². The van der Waals surface area contributed by atoms with E-state index < -0.39 is 10.0 Å². The van der Waals surface area contributed by atoms with Crippen LogP contribution in [0.4, 0.5) is 0 Å². The highest BCUT2D eigenvalue weighted by atomic mass is 32.2. The van der Waals surface area contributed by atoms with Crippen LogP contribution in [-0.2, 0) is 10.0 Å². The van der Waals surface area contributed by atoms with E-state index in [1.165, 1.54) is 0 Å². The summed E-state index contributed by atoms with van der Waals surface area (Å²) >= 11 is 0. The van der Waals surface area contributed by atoms with Crippen molar-refractivity contribution in [3.63, 3.8) is 0 Å². The Morgan fingerprint density at radius 3 is 2.35 bits per heavy atom. The van der Waals surface area contributed by atoms with Crippen LogP contribution in [0.1, 0.15) is 25.8 Å². The molecule has 0 amide bonds. The molecule has 0 saturated carbocycles. The maximum atomic E-state index is 12.6. The Bertz CT molecular complexity index is 535. The van der Waals surface area contributed by atoms with Crippen molar-refractivity contribution in [2.45, 2.75) is 38.1 Å². The molecule has 0 spiro atoms. The second-order valence-electron chi connectivity index (χ2n) is 5.34. The number of hydrogen-bond donors (Lipinski definition) is 0. The van der Waals surface area contributed by atoms with Crippen LogP contribution in [0.5, 0.6) is 0 Å². The molecule has 1 aliphatic rings. The predicted molar refractivity (Wildman–Crippen MR) is 81.3 cm³/mol. The molecule has 112 valence electrons. The Kier molecular flexibility index (Phi) is 4.83. The Balaban J connectivity index is 2.14. The summed E-state index contributed by atoms with van der Waals surface area (Å²) in [6.45, 7) is 9.39. The van der Waals surface area contributed by atoms with Gasteiger partial charge in [-0.25, -0.2) is 8.42 Å². The maximum absolute atomic E-state index is 12.6. The van der Waals surface area contributed by atoms with Gasteiger partial charge in [0.05, 0.1) is 4.90 Å². The molecule has 1 unspecified atom stereocenters. The van der Waals surface area contributed by atoms with Crippen LogP contribution >= 0.6 is 0 Å². The van der Waals surface area contributed by atoms with Crippen molar-refractivity contribution in [1.82, 2.24) is 9.21 Å². The topological polar surface area (TPSA) is 40.6 Å². The third-order valence-corrected chi connectivity index (χ3v) is 5.99. The number of benzene rings is 1. The van der Waals surface area contributed by atoms with Crippen LogP contribution in [0.3, 0.4) is 0 Å². The molecule has 1 fully saturated rings. The normalized spacial score (nSPS) is 20.7. The van der Waals surface area contributed by atoms with Gasteiger partial charge in [0.25, 0.3) is 0 Å². The molecule has 20 heavy (non-hydrogen) atoms. The van der Waals surface area contributed by atoms with Gasteiger partial charge in [-0.15, -0.1) is 0 Å². The summed E-state index contributed by atoms with van der Waals surface area (Å²) in [5.41, 5.74) is 1.08. The van der Waals surface area contributed by atoms with Gasteiger partial charge in [0.1, 0.15) is 0 Å². The van der Waals surface area contributed by atoms with Crippen LogP contribution in [0.15, 0.2) is 29.2 Å². The highest BCUT2D eigenvalue weighted by molar-refractivity contribution is 7.89. The zero-order valence-corrected chi connectivity index (χ0v) is 13.4. The molecule has 1 saturated heterocycles. The van der Waals surface area contributed by atoms with Crippen molar-refractivity contribution >= 4 is 10.0 Å². The van der Waals surface area contributed by atoms with Crippen molar-refractivity contribution in [1.29, 1.82) is 0 Å². The molecule has 0 bridgehead atoms. The minimum Gasteiger partial charge on any atom is -0.300 e. The van der Waals surface area contributed by atoms with Crippen LogP contribution in [0, 0.1) is 6.92 Å². The molecular weight excluding hydrogens is 272 g/mol. The van der Waals surface area contributed by atoms with Crippen LogP contribution in [0.25, 0.3) is 0 Å². The van der Waals surface area contributed by atoms with Gasteiger partial charge in [0, 0.05) is 19.1 Å². The minimum absolute atomic E-state index is 0.352. The summed E-state index contributed by atoms with van der Waals surface area (Å²) in [6, 6.07) is 7.46. The molecule has 5 heteroatoms. The fourth-order valence-electron chi connectivity index (χ4n) is 2.83. The third-order valence-electron chi connectivity index (χ3n) is 4.11. The molecule has 0 N–H and O–H groups in total. The van der Waals surface area contributed by atoms with Gasteiger partial charge < -0.3 is 0 Å². The van der Waals surface area contributed by atoms with Crippen molar-refractivity contribution < 1.29 is 8.42 Å². The van der Waals surface area contributed by atoms with E-state index in [1.807, 2.05) is 19.1 Å². The number of nitrogens with zero attached hydrogens (tertiary/aromatic N) is 2. The third kappa shape index (κ3) is 3.05. The highest BCUT2D eigenvalue weighted by Gasteiger charge is 2.34. The average molecular weight is 296 g/mol. The summed E-state index contributed by atoms with van der Waals surface area (Å²) in [4.78, 5) is 2.74. The fourth-order valence-corrected chi connectivity index (χ4v) is 4.32. The first-order valence-electron chi connectivity index (χ1n) is 7.30. The number of sulfonamides is 1. The molecular formula is C15H24N2O2S. The second-order valence-corrected chi connectivity index (χ2v) is 7.28. The summed E-state index contributed by atoms with van der Waals surface area (Å²) in [5, 5.41) is 0. The van der Waals surface area contributed by atoms with Gasteiger partial charge >= 0.3 is 0 Å². The number of likely N-dealkylation sites (N-methyl/N-ethyl adjacent to an activating group) is 1. The lowest BCUT2D eigenvalue weighted by Crippen LogP contribution is -2.38. The zero-order chi connectivity index (χ0) is 14.8. The van der Waals surface area contributed by atoms with Gasteiger partial charge in [-0.1, -0.05) is 31.5 Å². The Hall–Kier alpha value is -0.910. The van der Waals surface area contributed by atoms with Gasteiger partial charge in [0.15, 0.2) is 0 Å². The van der Waals surface area contributed by atoms with Gasteiger partial charge in [-0.3, -0.25) is 4.90 Å². The molecule has 0 aromatic heterocycles. The summed E-state index contributed by atoms with van der Waals surface area (Å²) in [6.07, 6.45) is 0.923. The SMILES string of the molecule is CCN(CC)C1CCN(S(=O)(=O)c2ccc(C)cc2)C1. The summed E-state index contributed by atoms with van der Waals surface area (Å²) in [7, 11) is -3.33. The monoisotopic (exact) mass is 296 g/mol. The first-order chi connectivity index (χ1) is 9.48. The molecule has 0 aliphatic carbocycles. The quantitative estimate of drug-likeness (QED) is 0.835. The zero-order valence-electron chi connectivity index (χ0n) is 12.5. The molecule has 2 rings (SSSR count). The minimum atomic E-state index is -3.33. The van der Waals surface area contributed by atoms with Gasteiger partial charge in [-0.2, -0.15) is 4.31 Å². The number of aryl methyl sites for hydroxylation is 1. The number of rotatable bonds is 5. The van der Waals surface area contributed by atoms with Crippen molar-refractivity contribution in [2.75, 3.05) is 26.2 Å². The fraction of sp³-hybridized carbons (Fsp3) is 0.600. The average Bonchev–Trinajstić information content (AvgIpc) is 2.91. The number of hydrogen-bond acceptors (Lipinski definition) is 3. The first-order valence-corrected chi connectivity index (χ1v) is 8.74. The van der Waals surface area contributed by atoms with E-state index in [1.54, 1.807) is 16.4 Å². The lowest BCUT2D eigenvalue weighted by Gasteiger charge is -2.26. The molecule has 0 radical (unpaired) electrons. The van der Waals surface area contributed by atoms with Gasteiger partial charge in [-0.05, 0) is 38.6 Å². The Labute approximate surface area is 122 Å². The Morgan fingerprint density at radius 1 is 1.20 bits per heavy atom. The van der Waals surface area contributed by atoms with E-state index in [-0.39, 0.29) is 0 Å². The largest absolute Gasteiger partial charge is 0.300 e. The molecule has 1 atom stereocenters. The second kappa shape index (κ2) is 6.24. The predicted octanol–water partition coefficient (Wildman–Crippen LogP) is 2.10. The van der Waals surface area contributed by atoms with E-state index in [2.05, 4.69) is 18.7 Å². The molecule has 1 aliphatic heterocycles. The highest BCUT2D eigenvalue weighted by Crippen LogP contribution is 2.23. The van der Waals surface area contributed by atoms with Gasteiger partial charge in [0.2, 0.25) is 10.0 Å². The lowest BCUT2D eigenvalue weighted by molar-refractivity contribution is 0.224. The molecule has 1 heterocycles. The standard InChI is InChI=1S/C15H24N2O2S/c1-4-16(5-2)14-10-11-17(12-14)20(18,19)15-8-6-13(3)7-9-15/h6-9,14H,4-5,10-12H2,1-3H3. The van der Waals surface area contributed by atoms with Crippen LogP contribution in [0.2, 0.25) is 0 Å². The van der Waals surface area contributed by atoms with E-state index in [0.717, 1.165) is 25.1 Å². The van der Waals surface area contributed by atoms with Crippen molar-refractivity contribution in [2.24, 2.45) is 0 Å². The van der Waals surface area contributed by atoms with Crippen LogP contribution < -0.4 is 0 Å². The summed E-state index contributed by atoms with van der Waals surface area (Å²) < 4.78 is 26.8. The van der Waals surface area contributed by atoms with E-state index in [9.17, 15) is 8.42 Å². The van der Waals surface area contributed by atoms with Crippen molar-refractivity contribution in [3.8, 4) is 0 Å². The molecule has 1 aromatic rings. The Morgan fingerprint density at radius 2 is 1.80 bits per heavy atom.